The summed E-state index contributed by atoms with van der Waals surface area (Å²) < 4.78 is 5.51. The quantitative estimate of drug-likeness (QED) is 0.165. The van der Waals surface area contributed by atoms with Crippen LogP contribution in [0.2, 0.25) is 0 Å². The molecule has 0 bridgehead atoms. The number of benzene rings is 1. The van der Waals surface area contributed by atoms with Gasteiger partial charge in [-0.05, 0) is 65.5 Å². The van der Waals surface area contributed by atoms with Crippen molar-refractivity contribution in [1.29, 1.82) is 0 Å². The van der Waals surface area contributed by atoms with Crippen molar-refractivity contribution in [1.82, 2.24) is 0 Å². The Labute approximate surface area is 207 Å². The Morgan fingerprint density at radius 2 is 1.78 bits per heavy atom. The van der Waals surface area contributed by atoms with E-state index in [1.54, 1.807) is 24.3 Å². The number of allylic oxidation sites excluding steroid dienone is 5. The van der Waals surface area contributed by atoms with Crippen molar-refractivity contribution in [3.05, 3.63) is 71.4 Å². The van der Waals surface area contributed by atoms with Crippen LogP contribution in [0.1, 0.15) is 59.9 Å². The zero-order valence-electron chi connectivity index (χ0n) is 20.0. The van der Waals surface area contributed by atoms with Gasteiger partial charge >= 0.3 is 5.97 Å². The van der Waals surface area contributed by atoms with Gasteiger partial charge < -0.3 is 4.74 Å². The summed E-state index contributed by atoms with van der Waals surface area (Å²) >= 11 is 0. The van der Waals surface area contributed by atoms with Crippen molar-refractivity contribution in [3.8, 4) is 5.75 Å². The number of rotatable bonds is 4. The van der Waals surface area contributed by atoms with Crippen molar-refractivity contribution in [2.75, 3.05) is 0 Å². The molecule has 2 aliphatic carbocycles. The molecule has 1 aromatic carbocycles. The second-order valence-corrected chi connectivity index (χ2v) is 8.40. The van der Waals surface area contributed by atoms with Gasteiger partial charge in [-0.2, -0.15) is 12.2 Å². The molecule has 1 aromatic rings. The Kier molecular flexibility index (Phi) is 11.8. The molecule has 1 fully saturated rings. The normalized spacial score (nSPS) is 23.6. The summed E-state index contributed by atoms with van der Waals surface area (Å²) in [5.41, 5.74) is 2.38. The number of Topliss-reactive ketones (excluding diaryl/α,β-unsaturated/α-hetero) is 1. The molecule has 0 heterocycles. The SMILES string of the molecule is CC.CC1C=[C-]C=CC(C(=O)Oc2ccc(/C=C3/C(=O)C(C(C)C)CCC3C)cc2)=C1.[Re]. The first-order valence-corrected chi connectivity index (χ1v) is 11.4. The van der Waals surface area contributed by atoms with Crippen LogP contribution in [-0.4, -0.2) is 11.8 Å². The maximum Gasteiger partial charge on any atom is 0.325 e. The number of carbonyl (C=O) groups excluding carboxylic acids is 2. The van der Waals surface area contributed by atoms with Gasteiger partial charge in [-0.1, -0.05) is 59.8 Å². The van der Waals surface area contributed by atoms with E-state index in [-0.39, 0.29) is 49.9 Å². The average Bonchev–Trinajstić information content (AvgIpc) is 2.98. The van der Waals surface area contributed by atoms with Crippen LogP contribution in [0.25, 0.3) is 6.08 Å². The van der Waals surface area contributed by atoms with Gasteiger partial charge in [0, 0.05) is 26.3 Å². The monoisotopic (exact) mass is 606 g/mol. The predicted molar refractivity (Wildman–Crippen MR) is 127 cm³/mol. The van der Waals surface area contributed by atoms with Crippen molar-refractivity contribution in [2.45, 2.75) is 54.4 Å². The molecule has 1 radical (unpaired) electrons. The van der Waals surface area contributed by atoms with Crippen LogP contribution in [0.3, 0.4) is 0 Å². The third-order valence-electron chi connectivity index (χ3n) is 5.68. The molecule has 173 valence electrons. The molecule has 3 nitrogen and oxygen atoms in total. The van der Waals surface area contributed by atoms with E-state index in [0.29, 0.717) is 17.2 Å². The van der Waals surface area contributed by atoms with Crippen LogP contribution in [0.15, 0.2) is 59.7 Å². The van der Waals surface area contributed by atoms with E-state index in [0.717, 1.165) is 24.0 Å². The summed E-state index contributed by atoms with van der Waals surface area (Å²) in [5, 5.41) is 0. The van der Waals surface area contributed by atoms with Gasteiger partial charge in [-0.15, -0.1) is 0 Å². The smallest absolute Gasteiger partial charge is 0.325 e. The summed E-state index contributed by atoms with van der Waals surface area (Å²) in [4.78, 5) is 25.3. The summed E-state index contributed by atoms with van der Waals surface area (Å²) in [6.45, 7) is 12.4. The molecular formula is C28H35O3Re-. The molecule has 3 rings (SSSR count). The number of hydrogen-bond acceptors (Lipinski definition) is 3. The van der Waals surface area contributed by atoms with Crippen LogP contribution in [0.5, 0.6) is 5.75 Å². The molecule has 0 saturated heterocycles. The first-order valence-electron chi connectivity index (χ1n) is 11.4. The summed E-state index contributed by atoms with van der Waals surface area (Å²) in [5.74, 6) is 1.27. The van der Waals surface area contributed by atoms with E-state index in [2.05, 4.69) is 26.8 Å². The maximum atomic E-state index is 12.9. The van der Waals surface area contributed by atoms with Gasteiger partial charge in [0.1, 0.15) is 5.75 Å². The topological polar surface area (TPSA) is 43.4 Å². The number of esters is 1. The van der Waals surface area contributed by atoms with E-state index in [9.17, 15) is 9.59 Å². The van der Waals surface area contributed by atoms with Crippen LogP contribution in [-0.2, 0) is 30.0 Å². The van der Waals surface area contributed by atoms with E-state index >= 15 is 0 Å². The van der Waals surface area contributed by atoms with Crippen LogP contribution < -0.4 is 4.74 Å². The minimum atomic E-state index is -0.382. The van der Waals surface area contributed by atoms with E-state index < -0.39 is 0 Å². The molecule has 4 heteroatoms. The minimum absolute atomic E-state index is 0. The average molecular weight is 606 g/mol. The van der Waals surface area contributed by atoms with Crippen molar-refractivity contribution >= 4 is 17.8 Å². The Balaban J connectivity index is 0.00000166. The summed E-state index contributed by atoms with van der Waals surface area (Å²) in [6, 6.07) is 7.34. The first kappa shape index (κ1) is 28.0. The predicted octanol–water partition coefficient (Wildman–Crippen LogP) is 6.76. The van der Waals surface area contributed by atoms with Gasteiger partial charge in [-0.3, -0.25) is 10.9 Å². The Bertz CT molecular complexity index is 888. The molecule has 3 atom stereocenters. The van der Waals surface area contributed by atoms with Gasteiger partial charge in [0.15, 0.2) is 5.78 Å². The summed E-state index contributed by atoms with van der Waals surface area (Å²) in [6.07, 6.45) is 14.2. The maximum absolute atomic E-state index is 12.9. The molecule has 3 unspecified atom stereocenters. The number of carbonyl (C=O) groups is 2. The molecule has 1 saturated carbocycles. The van der Waals surface area contributed by atoms with Gasteiger partial charge in [0.25, 0.3) is 0 Å². The molecule has 0 aliphatic heterocycles. The number of ether oxygens (including phenoxy) is 1. The molecule has 0 aromatic heterocycles. The molecule has 32 heavy (non-hydrogen) atoms. The fourth-order valence-corrected chi connectivity index (χ4v) is 3.87. The van der Waals surface area contributed by atoms with Crippen molar-refractivity contribution < 1.29 is 34.7 Å². The van der Waals surface area contributed by atoms with Crippen LogP contribution in [0.4, 0.5) is 0 Å². The van der Waals surface area contributed by atoms with Gasteiger partial charge in [0.05, 0.1) is 0 Å². The van der Waals surface area contributed by atoms with Crippen LogP contribution in [0, 0.1) is 29.7 Å². The molecule has 0 N–H and O–H groups in total. The van der Waals surface area contributed by atoms with Crippen molar-refractivity contribution in [3.63, 3.8) is 0 Å². The standard InChI is InChI=1S/C26H29O3.C2H6.Re/c1-17(2)23-14-9-19(4)24(25(23)27)16-20-10-12-22(13-11-20)29-26(28)21-8-6-5-7-18(3)15-21;1-2;/h6-8,10-13,15-19,23H,9,14H2,1-4H3;1-2H3;/q-1;;/b24-16+;;. The molecule has 0 spiro atoms. The second kappa shape index (κ2) is 13.5. The first-order chi connectivity index (χ1) is 14.8. The Morgan fingerprint density at radius 1 is 1.12 bits per heavy atom. The van der Waals surface area contributed by atoms with Gasteiger partial charge in [-0.25, -0.2) is 10.9 Å². The van der Waals surface area contributed by atoms with E-state index in [1.165, 1.54) is 0 Å². The zero-order valence-corrected chi connectivity index (χ0v) is 22.7. The summed E-state index contributed by atoms with van der Waals surface area (Å²) in [7, 11) is 0. The minimum Gasteiger partial charge on any atom is -0.424 e. The number of hydrogen-bond donors (Lipinski definition) is 0. The fraction of sp³-hybridized carbons (Fsp3) is 0.429. The second-order valence-electron chi connectivity index (χ2n) is 8.40. The Morgan fingerprint density at radius 3 is 2.41 bits per heavy atom. The molecule has 2 aliphatic rings. The third kappa shape index (κ3) is 7.54. The molecule has 0 amide bonds. The fourth-order valence-electron chi connectivity index (χ4n) is 3.87. The Hall–Kier alpha value is -2.02. The van der Waals surface area contributed by atoms with E-state index in [1.807, 2.05) is 51.1 Å². The zero-order chi connectivity index (χ0) is 23.0. The van der Waals surface area contributed by atoms with Crippen molar-refractivity contribution in [2.24, 2.45) is 23.7 Å². The number of ketones is 1. The third-order valence-corrected chi connectivity index (χ3v) is 5.68. The largest absolute Gasteiger partial charge is 0.424 e. The van der Waals surface area contributed by atoms with Gasteiger partial charge in [0.2, 0.25) is 0 Å². The van der Waals surface area contributed by atoms with E-state index in [4.69, 9.17) is 4.74 Å². The molecular weight excluding hydrogens is 571 g/mol. The van der Waals surface area contributed by atoms with Crippen LogP contribution >= 0.6 is 0 Å².